The molecular weight excluding hydrogens is 322 g/mol. The molecule has 1 atom stereocenters. The van der Waals surface area contributed by atoms with Crippen molar-refractivity contribution in [1.82, 2.24) is 14.3 Å². The van der Waals surface area contributed by atoms with E-state index in [-0.39, 0.29) is 0 Å². The Bertz CT molecular complexity index is 1020. The van der Waals surface area contributed by atoms with Crippen LogP contribution in [0.3, 0.4) is 0 Å². The van der Waals surface area contributed by atoms with Crippen LogP contribution in [-0.2, 0) is 0 Å². The van der Waals surface area contributed by atoms with Gasteiger partial charge in [0.1, 0.15) is 11.9 Å². The lowest BCUT2D eigenvalue weighted by Gasteiger charge is -2.25. The van der Waals surface area contributed by atoms with E-state index in [9.17, 15) is 5.26 Å². The number of imidazole rings is 1. The molecule has 1 unspecified atom stereocenters. The highest BCUT2D eigenvalue weighted by atomic mass is 15.3. The van der Waals surface area contributed by atoms with Gasteiger partial charge in [-0.15, -0.1) is 0 Å². The second kappa shape index (κ2) is 6.00. The molecule has 2 fully saturated rings. The highest BCUT2D eigenvalue weighted by Crippen LogP contribution is 2.31. The van der Waals surface area contributed by atoms with Crippen molar-refractivity contribution in [2.24, 2.45) is 0 Å². The molecule has 1 aromatic carbocycles. The van der Waals surface area contributed by atoms with E-state index >= 15 is 0 Å². The van der Waals surface area contributed by atoms with Crippen molar-refractivity contribution in [2.75, 3.05) is 31.1 Å². The Labute approximate surface area is 153 Å². The van der Waals surface area contributed by atoms with Crippen LogP contribution in [0.4, 0.5) is 5.82 Å². The number of aromatic nitrogens is 2. The quantitative estimate of drug-likeness (QED) is 0.715. The van der Waals surface area contributed by atoms with Gasteiger partial charge in [0.15, 0.2) is 5.65 Å². The molecule has 0 radical (unpaired) electrons. The minimum absolute atomic E-state index is 0.651. The first-order valence-electron chi connectivity index (χ1n) is 9.56. The zero-order valence-electron chi connectivity index (χ0n) is 15.1. The lowest BCUT2D eigenvalue weighted by Crippen LogP contribution is -2.35. The summed E-state index contributed by atoms with van der Waals surface area (Å²) < 4.78 is 2.19. The SMILES string of the molecule is Cc1cc(N2CCC(N3CCCC3)C2)n2c(nc3ccccc32)c1C#N. The van der Waals surface area contributed by atoms with Gasteiger partial charge in [-0.2, -0.15) is 5.26 Å². The summed E-state index contributed by atoms with van der Waals surface area (Å²) in [4.78, 5) is 9.92. The largest absolute Gasteiger partial charge is 0.356 e. The molecule has 2 aliphatic rings. The lowest BCUT2D eigenvalue weighted by atomic mass is 10.1. The van der Waals surface area contributed by atoms with Gasteiger partial charge < -0.3 is 4.90 Å². The van der Waals surface area contributed by atoms with Crippen molar-refractivity contribution in [3.63, 3.8) is 0 Å². The van der Waals surface area contributed by atoms with Crippen molar-refractivity contribution < 1.29 is 0 Å². The summed E-state index contributed by atoms with van der Waals surface area (Å²) >= 11 is 0. The Balaban J connectivity index is 1.65. The highest BCUT2D eigenvalue weighted by molar-refractivity contribution is 5.85. The second-order valence-corrected chi connectivity index (χ2v) is 7.56. The maximum Gasteiger partial charge on any atom is 0.157 e. The number of nitriles is 1. The number of pyridine rings is 1. The number of fused-ring (bicyclic) bond motifs is 3. The van der Waals surface area contributed by atoms with Crippen molar-refractivity contribution in [1.29, 1.82) is 5.26 Å². The molecule has 132 valence electrons. The Morgan fingerprint density at radius 2 is 1.96 bits per heavy atom. The number of hydrogen-bond donors (Lipinski definition) is 0. The van der Waals surface area contributed by atoms with E-state index in [0.29, 0.717) is 11.6 Å². The van der Waals surface area contributed by atoms with Crippen LogP contribution in [0.2, 0.25) is 0 Å². The zero-order valence-corrected chi connectivity index (χ0v) is 15.1. The topological polar surface area (TPSA) is 47.6 Å². The molecule has 0 N–H and O–H groups in total. The highest BCUT2D eigenvalue weighted by Gasteiger charge is 2.31. The van der Waals surface area contributed by atoms with E-state index in [1.54, 1.807) is 0 Å². The average molecular weight is 345 g/mol. The fourth-order valence-corrected chi connectivity index (χ4v) is 4.66. The summed E-state index contributed by atoms with van der Waals surface area (Å²) in [7, 11) is 0. The van der Waals surface area contributed by atoms with E-state index in [1.807, 2.05) is 25.1 Å². The van der Waals surface area contributed by atoms with Crippen molar-refractivity contribution >= 4 is 22.5 Å². The molecule has 2 aliphatic heterocycles. The van der Waals surface area contributed by atoms with Crippen molar-refractivity contribution in [2.45, 2.75) is 32.2 Å². The summed E-state index contributed by atoms with van der Waals surface area (Å²) in [5.41, 5.74) is 4.51. The fourth-order valence-electron chi connectivity index (χ4n) is 4.66. The van der Waals surface area contributed by atoms with E-state index in [2.05, 4.69) is 32.4 Å². The summed E-state index contributed by atoms with van der Waals surface area (Å²) in [6, 6.07) is 13.4. The van der Waals surface area contributed by atoms with Crippen LogP contribution >= 0.6 is 0 Å². The maximum atomic E-state index is 9.66. The zero-order chi connectivity index (χ0) is 17.7. The fraction of sp³-hybridized carbons (Fsp3) is 0.429. The number of para-hydroxylation sites is 2. The molecule has 2 saturated heterocycles. The lowest BCUT2D eigenvalue weighted by molar-refractivity contribution is 0.260. The number of rotatable bonds is 2. The van der Waals surface area contributed by atoms with Gasteiger partial charge in [0.05, 0.1) is 16.6 Å². The predicted molar refractivity (Wildman–Crippen MR) is 104 cm³/mol. The Morgan fingerprint density at radius 3 is 2.77 bits per heavy atom. The Morgan fingerprint density at radius 1 is 1.15 bits per heavy atom. The number of nitrogens with zero attached hydrogens (tertiary/aromatic N) is 5. The van der Waals surface area contributed by atoms with Crippen LogP contribution in [0.15, 0.2) is 30.3 Å². The first-order chi connectivity index (χ1) is 12.8. The molecule has 0 aliphatic carbocycles. The second-order valence-electron chi connectivity index (χ2n) is 7.56. The molecule has 4 heterocycles. The smallest absolute Gasteiger partial charge is 0.157 e. The van der Waals surface area contributed by atoms with Crippen molar-refractivity contribution in [3.8, 4) is 6.07 Å². The summed E-state index contributed by atoms with van der Waals surface area (Å²) in [6.07, 6.45) is 3.89. The van der Waals surface area contributed by atoms with Gasteiger partial charge in [0.2, 0.25) is 0 Å². The first kappa shape index (κ1) is 15.7. The minimum atomic E-state index is 0.651. The molecule has 0 amide bonds. The third kappa shape index (κ3) is 2.29. The molecule has 0 spiro atoms. The van der Waals surface area contributed by atoms with Gasteiger partial charge in [0, 0.05) is 19.1 Å². The Hall–Kier alpha value is -2.58. The van der Waals surface area contributed by atoms with Gasteiger partial charge in [-0.3, -0.25) is 9.30 Å². The van der Waals surface area contributed by atoms with Crippen LogP contribution in [0.25, 0.3) is 16.7 Å². The molecule has 26 heavy (non-hydrogen) atoms. The normalized spacial score (nSPS) is 21.1. The molecule has 0 bridgehead atoms. The maximum absolute atomic E-state index is 9.66. The number of likely N-dealkylation sites (tertiary alicyclic amines) is 1. The van der Waals surface area contributed by atoms with Gasteiger partial charge in [-0.05, 0) is 63.0 Å². The van der Waals surface area contributed by atoms with E-state index < -0.39 is 0 Å². The van der Waals surface area contributed by atoms with Gasteiger partial charge in [-0.1, -0.05) is 12.1 Å². The molecule has 0 saturated carbocycles. The number of hydrogen-bond acceptors (Lipinski definition) is 4. The summed E-state index contributed by atoms with van der Waals surface area (Å²) in [6.45, 7) is 6.64. The summed E-state index contributed by atoms with van der Waals surface area (Å²) in [5.74, 6) is 1.17. The van der Waals surface area contributed by atoms with Crippen LogP contribution in [0, 0.1) is 18.3 Å². The number of aryl methyl sites for hydroxylation is 1. The van der Waals surface area contributed by atoms with Crippen molar-refractivity contribution in [3.05, 3.63) is 41.5 Å². The molecular formula is C21H23N5. The molecule has 3 aromatic rings. The van der Waals surface area contributed by atoms with E-state index in [4.69, 9.17) is 4.98 Å². The Kier molecular flexibility index (Phi) is 3.61. The molecule has 2 aromatic heterocycles. The van der Waals surface area contributed by atoms with Crippen LogP contribution in [-0.4, -0.2) is 46.5 Å². The molecule has 5 heteroatoms. The first-order valence-corrected chi connectivity index (χ1v) is 9.56. The van der Waals surface area contributed by atoms with E-state index in [0.717, 1.165) is 35.3 Å². The number of anilines is 1. The van der Waals surface area contributed by atoms with Crippen LogP contribution in [0.5, 0.6) is 0 Å². The van der Waals surface area contributed by atoms with Gasteiger partial charge >= 0.3 is 0 Å². The standard InChI is InChI=1S/C21H23N5/c1-15-12-20(25-11-8-16(14-25)24-9-4-5-10-24)26-19-7-3-2-6-18(19)23-21(26)17(15)13-22/h2-3,6-7,12,16H,4-5,8-11,14H2,1H3. The van der Waals surface area contributed by atoms with Gasteiger partial charge in [-0.25, -0.2) is 4.98 Å². The third-order valence-electron chi connectivity index (χ3n) is 6.01. The third-order valence-corrected chi connectivity index (χ3v) is 6.01. The predicted octanol–water partition coefficient (Wildman–Crippen LogP) is 3.34. The summed E-state index contributed by atoms with van der Waals surface area (Å²) in [5, 5.41) is 9.66. The van der Waals surface area contributed by atoms with Crippen LogP contribution in [0.1, 0.15) is 30.4 Å². The van der Waals surface area contributed by atoms with E-state index in [1.165, 1.54) is 38.2 Å². The molecule has 5 nitrogen and oxygen atoms in total. The minimum Gasteiger partial charge on any atom is -0.356 e. The monoisotopic (exact) mass is 345 g/mol. The van der Waals surface area contributed by atoms with Crippen LogP contribution < -0.4 is 4.90 Å². The van der Waals surface area contributed by atoms with Gasteiger partial charge in [0.25, 0.3) is 0 Å². The number of benzene rings is 1. The average Bonchev–Trinajstić information content (AvgIpc) is 3.39. The molecule has 5 rings (SSSR count).